The van der Waals surface area contributed by atoms with Gasteiger partial charge in [0.05, 0.1) is 16.9 Å². The van der Waals surface area contributed by atoms with Gasteiger partial charge in [0.15, 0.2) is 0 Å². The molecule has 1 aliphatic carbocycles. The monoisotopic (exact) mass is 243 g/mol. The average Bonchev–Trinajstić information content (AvgIpc) is 2.27. The summed E-state index contributed by atoms with van der Waals surface area (Å²) in [7, 11) is 0. The minimum Gasteiger partial charge on any atom is -0.370 e. The van der Waals surface area contributed by atoms with E-state index in [-0.39, 0.29) is 0 Å². The van der Waals surface area contributed by atoms with E-state index in [0.29, 0.717) is 0 Å². The molecule has 18 heavy (non-hydrogen) atoms. The fourth-order valence-electron chi connectivity index (χ4n) is 2.58. The Bertz CT molecular complexity index is 469. The molecule has 0 atom stereocenters. The lowest BCUT2D eigenvalue weighted by Crippen LogP contribution is -2.33. The van der Waals surface area contributed by atoms with Crippen molar-refractivity contribution in [1.82, 2.24) is 4.98 Å². The molecular weight excluding hydrogens is 222 g/mol. The van der Waals surface area contributed by atoms with Crippen molar-refractivity contribution in [2.75, 3.05) is 18.0 Å². The molecule has 96 valence electrons. The lowest BCUT2D eigenvalue weighted by Gasteiger charge is -2.33. The normalized spacial score (nSPS) is 15.0. The molecule has 0 aliphatic heterocycles. The number of aryl methyl sites for hydroxylation is 2. The maximum absolute atomic E-state index is 9.32. The molecule has 0 bridgehead atoms. The van der Waals surface area contributed by atoms with Crippen molar-refractivity contribution in [1.29, 1.82) is 5.26 Å². The van der Waals surface area contributed by atoms with Gasteiger partial charge in [0.2, 0.25) is 0 Å². The van der Waals surface area contributed by atoms with Crippen LogP contribution in [0.3, 0.4) is 0 Å². The number of pyridine rings is 1. The highest BCUT2D eigenvalue weighted by molar-refractivity contribution is 5.61. The Morgan fingerprint density at radius 1 is 1.44 bits per heavy atom. The second-order valence-electron chi connectivity index (χ2n) is 5.19. The Hall–Kier alpha value is -1.56. The van der Waals surface area contributed by atoms with E-state index in [0.717, 1.165) is 41.6 Å². The van der Waals surface area contributed by atoms with Gasteiger partial charge in [-0.3, -0.25) is 4.98 Å². The maximum Gasteiger partial charge on any atom is 0.103 e. The summed E-state index contributed by atoms with van der Waals surface area (Å²) >= 11 is 0. The van der Waals surface area contributed by atoms with Gasteiger partial charge in [-0.25, -0.2) is 0 Å². The third kappa shape index (κ3) is 2.48. The number of nitriles is 1. The van der Waals surface area contributed by atoms with Gasteiger partial charge in [-0.05, 0) is 45.6 Å². The molecule has 0 saturated heterocycles. The molecule has 3 nitrogen and oxygen atoms in total. The molecule has 1 aromatic heterocycles. The molecule has 0 N–H and O–H groups in total. The maximum atomic E-state index is 9.32. The summed E-state index contributed by atoms with van der Waals surface area (Å²) in [5.41, 5.74) is 3.65. The number of aromatic nitrogens is 1. The predicted octanol–water partition coefficient (Wildman–Crippen LogP) is 3.20. The first-order valence-electron chi connectivity index (χ1n) is 6.79. The molecule has 1 saturated carbocycles. The first-order chi connectivity index (χ1) is 8.65. The van der Waals surface area contributed by atoms with Crippen LogP contribution in [0.2, 0.25) is 0 Å². The van der Waals surface area contributed by atoms with E-state index in [9.17, 15) is 5.26 Å². The largest absolute Gasteiger partial charge is 0.370 e. The summed E-state index contributed by atoms with van der Waals surface area (Å²) in [6.45, 7) is 8.11. The van der Waals surface area contributed by atoms with Crippen molar-refractivity contribution >= 4 is 5.69 Å². The van der Waals surface area contributed by atoms with Crippen LogP contribution in [0, 0.1) is 31.1 Å². The molecule has 1 fully saturated rings. The standard InChI is InChI=1S/C15H21N3/c1-4-18(10-13-6-5-7-13)15-8-11(2)17-12(3)14(15)9-16/h8,13H,4-7,10H2,1-3H3. The third-order valence-electron chi connectivity index (χ3n) is 3.85. The van der Waals surface area contributed by atoms with Crippen LogP contribution in [-0.2, 0) is 0 Å². The SMILES string of the molecule is CCN(CC1CCC1)c1cc(C)nc(C)c1C#N. The first kappa shape index (κ1) is 12.9. The Kier molecular flexibility index (Phi) is 3.86. The fourth-order valence-corrected chi connectivity index (χ4v) is 2.58. The van der Waals surface area contributed by atoms with Crippen LogP contribution in [-0.4, -0.2) is 18.1 Å². The Labute approximate surface area is 109 Å². The van der Waals surface area contributed by atoms with Crippen LogP contribution in [0.15, 0.2) is 6.07 Å². The molecule has 3 heteroatoms. The molecule has 1 heterocycles. The topological polar surface area (TPSA) is 39.9 Å². The van der Waals surface area contributed by atoms with Gasteiger partial charge in [-0.2, -0.15) is 5.26 Å². The zero-order chi connectivity index (χ0) is 13.1. The number of nitrogens with zero attached hydrogens (tertiary/aromatic N) is 3. The van der Waals surface area contributed by atoms with E-state index in [1.807, 2.05) is 19.9 Å². The van der Waals surface area contributed by atoms with Gasteiger partial charge < -0.3 is 4.90 Å². The summed E-state index contributed by atoms with van der Waals surface area (Å²) < 4.78 is 0. The molecule has 1 aromatic rings. The lowest BCUT2D eigenvalue weighted by atomic mass is 9.85. The summed E-state index contributed by atoms with van der Waals surface area (Å²) in [4.78, 5) is 6.72. The summed E-state index contributed by atoms with van der Waals surface area (Å²) in [5, 5.41) is 9.32. The Morgan fingerprint density at radius 2 is 2.17 bits per heavy atom. The van der Waals surface area contributed by atoms with Crippen molar-refractivity contribution < 1.29 is 0 Å². The minimum atomic E-state index is 0.738. The summed E-state index contributed by atoms with van der Waals surface area (Å²) in [6, 6.07) is 4.36. The van der Waals surface area contributed by atoms with Gasteiger partial charge in [0, 0.05) is 18.8 Å². The second kappa shape index (κ2) is 5.39. The van der Waals surface area contributed by atoms with E-state index in [4.69, 9.17) is 0 Å². The van der Waals surface area contributed by atoms with Crippen molar-refractivity contribution in [2.45, 2.75) is 40.0 Å². The van der Waals surface area contributed by atoms with Crippen LogP contribution < -0.4 is 4.90 Å². The van der Waals surface area contributed by atoms with E-state index in [1.54, 1.807) is 0 Å². The quantitative estimate of drug-likeness (QED) is 0.815. The molecule has 0 spiro atoms. The van der Waals surface area contributed by atoms with E-state index in [2.05, 4.69) is 22.9 Å². The van der Waals surface area contributed by atoms with Crippen LogP contribution in [0.4, 0.5) is 5.69 Å². The van der Waals surface area contributed by atoms with Crippen molar-refractivity contribution in [3.63, 3.8) is 0 Å². The van der Waals surface area contributed by atoms with Crippen LogP contribution in [0.25, 0.3) is 0 Å². The van der Waals surface area contributed by atoms with Gasteiger partial charge in [-0.15, -0.1) is 0 Å². The Morgan fingerprint density at radius 3 is 2.67 bits per heavy atom. The molecule has 1 aliphatic rings. The third-order valence-corrected chi connectivity index (χ3v) is 3.85. The first-order valence-corrected chi connectivity index (χ1v) is 6.79. The lowest BCUT2D eigenvalue weighted by molar-refractivity contribution is 0.318. The molecule has 0 radical (unpaired) electrons. The molecule has 2 rings (SSSR count). The van der Waals surface area contributed by atoms with Gasteiger partial charge >= 0.3 is 0 Å². The van der Waals surface area contributed by atoms with Gasteiger partial charge in [-0.1, -0.05) is 6.42 Å². The Balaban J connectivity index is 2.31. The minimum absolute atomic E-state index is 0.738. The fraction of sp³-hybridized carbons (Fsp3) is 0.600. The van der Waals surface area contributed by atoms with E-state index < -0.39 is 0 Å². The zero-order valence-corrected chi connectivity index (χ0v) is 11.5. The predicted molar refractivity (Wildman–Crippen MR) is 73.7 cm³/mol. The molecule has 0 unspecified atom stereocenters. The van der Waals surface area contributed by atoms with Crippen molar-refractivity contribution in [2.24, 2.45) is 5.92 Å². The van der Waals surface area contributed by atoms with Crippen LogP contribution in [0.5, 0.6) is 0 Å². The highest BCUT2D eigenvalue weighted by Crippen LogP contribution is 2.30. The highest BCUT2D eigenvalue weighted by Gasteiger charge is 2.22. The highest BCUT2D eigenvalue weighted by atomic mass is 15.1. The molecule has 0 amide bonds. The van der Waals surface area contributed by atoms with E-state index in [1.165, 1.54) is 19.3 Å². The molecule has 0 aromatic carbocycles. The number of hydrogen-bond donors (Lipinski definition) is 0. The molecular formula is C15H21N3. The van der Waals surface area contributed by atoms with Crippen LogP contribution >= 0.6 is 0 Å². The van der Waals surface area contributed by atoms with E-state index >= 15 is 0 Å². The zero-order valence-electron chi connectivity index (χ0n) is 11.5. The van der Waals surface area contributed by atoms with Crippen molar-refractivity contribution in [3.8, 4) is 6.07 Å². The average molecular weight is 243 g/mol. The summed E-state index contributed by atoms with van der Waals surface area (Å²) in [6.07, 6.45) is 4.03. The number of hydrogen-bond acceptors (Lipinski definition) is 3. The second-order valence-corrected chi connectivity index (χ2v) is 5.19. The number of anilines is 1. The summed E-state index contributed by atoms with van der Waals surface area (Å²) in [5.74, 6) is 0.810. The smallest absolute Gasteiger partial charge is 0.103 e. The van der Waals surface area contributed by atoms with Crippen LogP contribution in [0.1, 0.15) is 43.1 Å². The van der Waals surface area contributed by atoms with Gasteiger partial charge in [0.1, 0.15) is 6.07 Å². The van der Waals surface area contributed by atoms with Crippen molar-refractivity contribution in [3.05, 3.63) is 23.0 Å². The number of rotatable bonds is 4. The van der Waals surface area contributed by atoms with Gasteiger partial charge in [0.25, 0.3) is 0 Å².